The Bertz CT molecular complexity index is 721. The fourth-order valence-corrected chi connectivity index (χ4v) is 3.57. The van der Waals surface area contributed by atoms with Crippen molar-refractivity contribution >= 4 is 11.0 Å². The van der Waals surface area contributed by atoms with E-state index in [2.05, 4.69) is 4.98 Å². The minimum atomic E-state index is 0.0781. The van der Waals surface area contributed by atoms with E-state index in [4.69, 9.17) is 9.72 Å². The number of aromatic nitrogens is 2. The van der Waals surface area contributed by atoms with Gasteiger partial charge in [-0.05, 0) is 37.3 Å². The zero-order valence-corrected chi connectivity index (χ0v) is 13.7. The van der Waals surface area contributed by atoms with Crippen LogP contribution in [0.3, 0.4) is 0 Å². The molecule has 2 aliphatic carbocycles. The predicted molar refractivity (Wildman–Crippen MR) is 89.9 cm³/mol. The second kappa shape index (κ2) is 5.66. The first-order valence-corrected chi connectivity index (χ1v) is 8.75. The van der Waals surface area contributed by atoms with Crippen molar-refractivity contribution in [1.82, 2.24) is 9.97 Å². The van der Waals surface area contributed by atoms with Crippen LogP contribution in [-0.4, -0.2) is 22.2 Å². The average Bonchev–Trinajstić information content (AvgIpc) is 3.46. The highest BCUT2D eigenvalue weighted by Crippen LogP contribution is 2.53. The van der Waals surface area contributed by atoms with Gasteiger partial charge in [0.2, 0.25) is 5.88 Å². The molecule has 4 heteroatoms. The Balaban J connectivity index is 1.53. The Hall–Kier alpha value is -1.84. The summed E-state index contributed by atoms with van der Waals surface area (Å²) in [5.41, 5.74) is 2.41. The van der Waals surface area contributed by atoms with E-state index in [0.717, 1.165) is 42.1 Å². The highest BCUT2D eigenvalue weighted by Gasteiger charge is 2.47. The van der Waals surface area contributed by atoms with Crippen molar-refractivity contribution in [2.75, 3.05) is 7.11 Å². The van der Waals surface area contributed by atoms with E-state index in [1.54, 1.807) is 7.11 Å². The lowest BCUT2D eigenvalue weighted by Gasteiger charge is -2.16. The molecule has 0 atom stereocenters. The van der Waals surface area contributed by atoms with Crippen LogP contribution < -0.4 is 4.74 Å². The number of benzene rings is 1. The van der Waals surface area contributed by atoms with Crippen LogP contribution in [0.25, 0.3) is 11.0 Å². The number of hydrogen-bond donors (Lipinski definition) is 1. The van der Waals surface area contributed by atoms with E-state index in [1.165, 1.54) is 32.1 Å². The molecule has 2 saturated carbocycles. The Kier molecular flexibility index (Phi) is 3.63. The molecule has 0 bridgehead atoms. The number of fused-ring (bicyclic) bond motifs is 1. The molecule has 2 fully saturated rings. The quantitative estimate of drug-likeness (QED) is 0.772. The lowest BCUT2D eigenvalue weighted by Crippen LogP contribution is -2.10. The fraction of sp³-hybridized carbons (Fsp3) is 0.579. The molecular weight excluding hydrogens is 288 g/mol. The third-order valence-corrected chi connectivity index (χ3v) is 5.42. The maximum atomic E-state index is 10.4. The fourth-order valence-electron chi connectivity index (χ4n) is 3.57. The Morgan fingerprint density at radius 3 is 2.70 bits per heavy atom. The topological polar surface area (TPSA) is 55.2 Å². The summed E-state index contributed by atoms with van der Waals surface area (Å²) in [6.07, 6.45) is 10.2. The van der Waals surface area contributed by atoms with Crippen molar-refractivity contribution in [3.8, 4) is 11.6 Å². The largest absolute Gasteiger partial charge is 0.497 e. The van der Waals surface area contributed by atoms with Gasteiger partial charge < -0.3 is 9.84 Å². The highest BCUT2D eigenvalue weighted by atomic mass is 16.5. The maximum absolute atomic E-state index is 10.4. The van der Waals surface area contributed by atoms with E-state index in [9.17, 15) is 5.11 Å². The molecule has 122 valence electrons. The summed E-state index contributed by atoms with van der Waals surface area (Å²) in [4.78, 5) is 9.11. The first kappa shape index (κ1) is 14.7. The van der Waals surface area contributed by atoms with Crippen molar-refractivity contribution in [2.45, 2.75) is 56.8 Å². The van der Waals surface area contributed by atoms with Gasteiger partial charge in [0.15, 0.2) is 0 Å². The number of hydrogen-bond acceptors (Lipinski definition) is 4. The van der Waals surface area contributed by atoms with Crippen LogP contribution in [0.2, 0.25) is 0 Å². The van der Waals surface area contributed by atoms with Gasteiger partial charge >= 0.3 is 0 Å². The molecule has 2 aromatic rings. The molecule has 0 spiro atoms. The molecule has 1 heterocycles. The highest BCUT2D eigenvalue weighted by molar-refractivity contribution is 5.77. The molecule has 23 heavy (non-hydrogen) atoms. The number of nitrogens with zero attached hydrogens (tertiary/aromatic N) is 2. The first-order valence-electron chi connectivity index (χ1n) is 8.75. The second-order valence-corrected chi connectivity index (χ2v) is 7.22. The standard InChI is InChI=1S/C19H24N2O2/c1-23-14-7-8-15-16(12-14)21-18(22)17(20-15)19(10-11-19)9-3-2-4-13-5-6-13/h7-8,12-13H,2-6,9-11H2,1H3,(H,21,22). The predicted octanol–water partition coefficient (Wildman–Crippen LogP) is 4.35. The molecule has 1 N–H and O–H groups in total. The van der Waals surface area contributed by atoms with Crippen LogP contribution >= 0.6 is 0 Å². The van der Waals surface area contributed by atoms with Crippen molar-refractivity contribution in [3.05, 3.63) is 23.9 Å². The summed E-state index contributed by atoms with van der Waals surface area (Å²) >= 11 is 0. The van der Waals surface area contributed by atoms with Gasteiger partial charge in [-0.2, -0.15) is 0 Å². The minimum absolute atomic E-state index is 0.0781. The number of methoxy groups -OCH3 is 1. The SMILES string of the molecule is COc1ccc2nc(C3(CCCCC4CC4)CC3)c(O)nc2c1. The Labute approximate surface area is 136 Å². The van der Waals surface area contributed by atoms with Crippen LogP contribution in [-0.2, 0) is 5.41 Å². The smallest absolute Gasteiger partial charge is 0.234 e. The Morgan fingerprint density at radius 1 is 1.17 bits per heavy atom. The van der Waals surface area contributed by atoms with Crippen LogP contribution in [0.4, 0.5) is 0 Å². The number of unbranched alkanes of at least 4 members (excludes halogenated alkanes) is 1. The summed E-state index contributed by atoms with van der Waals surface area (Å²) in [5.74, 6) is 1.85. The van der Waals surface area contributed by atoms with Crippen molar-refractivity contribution in [1.29, 1.82) is 0 Å². The van der Waals surface area contributed by atoms with Gasteiger partial charge in [0.1, 0.15) is 11.4 Å². The molecule has 1 aromatic carbocycles. The lowest BCUT2D eigenvalue weighted by molar-refractivity contribution is 0.414. The van der Waals surface area contributed by atoms with Gasteiger partial charge in [0, 0.05) is 11.5 Å². The summed E-state index contributed by atoms with van der Waals surface area (Å²) in [6, 6.07) is 5.64. The average molecular weight is 312 g/mol. The zero-order chi connectivity index (χ0) is 15.9. The van der Waals surface area contributed by atoms with E-state index in [1.807, 2.05) is 18.2 Å². The summed E-state index contributed by atoms with van der Waals surface area (Å²) in [5, 5.41) is 10.4. The molecule has 2 aliphatic rings. The molecule has 0 saturated heterocycles. The van der Waals surface area contributed by atoms with Gasteiger partial charge in [-0.15, -0.1) is 0 Å². The Morgan fingerprint density at radius 2 is 2.00 bits per heavy atom. The van der Waals surface area contributed by atoms with E-state index < -0.39 is 0 Å². The van der Waals surface area contributed by atoms with Crippen LogP contribution in [0, 0.1) is 5.92 Å². The van der Waals surface area contributed by atoms with Gasteiger partial charge in [-0.3, -0.25) is 0 Å². The van der Waals surface area contributed by atoms with Gasteiger partial charge in [0.25, 0.3) is 0 Å². The van der Waals surface area contributed by atoms with Crippen LogP contribution in [0.5, 0.6) is 11.6 Å². The van der Waals surface area contributed by atoms with Crippen molar-refractivity contribution in [3.63, 3.8) is 0 Å². The number of rotatable bonds is 7. The molecule has 0 aliphatic heterocycles. The third kappa shape index (κ3) is 2.99. The van der Waals surface area contributed by atoms with Crippen LogP contribution in [0.1, 0.15) is 57.1 Å². The summed E-state index contributed by atoms with van der Waals surface area (Å²) in [6.45, 7) is 0. The van der Waals surface area contributed by atoms with E-state index >= 15 is 0 Å². The molecule has 0 unspecified atom stereocenters. The third-order valence-electron chi connectivity index (χ3n) is 5.42. The van der Waals surface area contributed by atoms with Gasteiger partial charge in [0.05, 0.1) is 18.1 Å². The minimum Gasteiger partial charge on any atom is -0.497 e. The number of ether oxygens (including phenoxy) is 1. The molecule has 1 aromatic heterocycles. The molecular formula is C19H24N2O2. The second-order valence-electron chi connectivity index (χ2n) is 7.22. The van der Waals surface area contributed by atoms with E-state index in [-0.39, 0.29) is 11.3 Å². The summed E-state index contributed by atoms with van der Waals surface area (Å²) in [7, 11) is 1.63. The van der Waals surface area contributed by atoms with Crippen molar-refractivity contribution in [2.24, 2.45) is 5.92 Å². The number of aromatic hydroxyl groups is 1. The normalized spacial score (nSPS) is 19.0. The molecule has 0 radical (unpaired) electrons. The maximum Gasteiger partial charge on any atom is 0.234 e. The van der Waals surface area contributed by atoms with Gasteiger partial charge in [-0.1, -0.05) is 32.1 Å². The lowest BCUT2D eigenvalue weighted by atomic mass is 9.94. The molecule has 4 rings (SSSR count). The monoisotopic (exact) mass is 312 g/mol. The zero-order valence-electron chi connectivity index (χ0n) is 13.7. The molecule has 4 nitrogen and oxygen atoms in total. The first-order chi connectivity index (χ1) is 11.2. The van der Waals surface area contributed by atoms with Crippen molar-refractivity contribution < 1.29 is 9.84 Å². The van der Waals surface area contributed by atoms with Crippen LogP contribution in [0.15, 0.2) is 18.2 Å². The van der Waals surface area contributed by atoms with Gasteiger partial charge in [-0.25, -0.2) is 9.97 Å². The molecule has 0 amide bonds. The van der Waals surface area contributed by atoms with E-state index in [0.29, 0.717) is 5.52 Å². The summed E-state index contributed by atoms with van der Waals surface area (Å²) < 4.78 is 5.21.